The lowest BCUT2D eigenvalue weighted by Gasteiger charge is -2.15. The Kier molecular flexibility index (Phi) is 3.41. The van der Waals surface area contributed by atoms with Crippen LogP contribution in [0.15, 0.2) is 36.7 Å². The van der Waals surface area contributed by atoms with Gasteiger partial charge in [0.25, 0.3) is 0 Å². The van der Waals surface area contributed by atoms with E-state index in [1.54, 1.807) is 30.6 Å². The van der Waals surface area contributed by atoms with Crippen LogP contribution in [0.1, 0.15) is 23.0 Å². The molecule has 1 heterocycles. The third-order valence-electron chi connectivity index (χ3n) is 2.44. The lowest BCUT2D eigenvalue weighted by molar-refractivity contribution is 0.543. The van der Waals surface area contributed by atoms with E-state index in [0.29, 0.717) is 11.4 Å². The molecule has 0 spiro atoms. The van der Waals surface area contributed by atoms with E-state index in [-0.39, 0.29) is 5.82 Å². The number of aryl methyl sites for hydroxylation is 1. The van der Waals surface area contributed by atoms with Crippen LogP contribution in [0.3, 0.4) is 0 Å². The molecule has 1 unspecified atom stereocenters. The van der Waals surface area contributed by atoms with Crippen molar-refractivity contribution in [1.29, 1.82) is 0 Å². The second kappa shape index (κ2) is 4.99. The minimum Gasteiger partial charge on any atom is -0.270 e. The molecule has 0 aliphatic rings. The second-order valence-electron chi connectivity index (χ2n) is 3.74. The van der Waals surface area contributed by atoms with Crippen molar-refractivity contribution >= 4 is 0 Å². The summed E-state index contributed by atoms with van der Waals surface area (Å²) in [6, 6.07) is 5.87. The number of rotatable bonds is 3. The van der Waals surface area contributed by atoms with Crippen LogP contribution in [-0.2, 0) is 0 Å². The predicted molar refractivity (Wildman–Crippen MR) is 62.3 cm³/mol. The van der Waals surface area contributed by atoms with Gasteiger partial charge in [-0.1, -0.05) is 18.2 Å². The van der Waals surface area contributed by atoms with E-state index in [9.17, 15) is 4.39 Å². The minimum atomic E-state index is -0.545. The van der Waals surface area contributed by atoms with Gasteiger partial charge in [-0.15, -0.1) is 0 Å². The van der Waals surface area contributed by atoms with E-state index in [0.717, 1.165) is 5.56 Å². The van der Waals surface area contributed by atoms with Crippen molar-refractivity contribution in [3.8, 4) is 0 Å². The first-order valence-electron chi connectivity index (χ1n) is 5.21. The smallest absolute Gasteiger partial charge is 0.151 e. The lowest BCUT2D eigenvalue weighted by Crippen LogP contribution is -2.30. The Bertz CT molecular complexity index is 498. The molecule has 2 aromatic rings. The second-order valence-corrected chi connectivity index (χ2v) is 3.74. The summed E-state index contributed by atoms with van der Waals surface area (Å²) in [5, 5.41) is 0. The molecule has 1 aromatic heterocycles. The SMILES string of the molecule is Cc1cnc(C(NN)c2ccccc2F)nc1. The largest absolute Gasteiger partial charge is 0.270 e. The maximum atomic E-state index is 13.6. The van der Waals surface area contributed by atoms with E-state index in [1.807, 2.05) is 6.92 Å². The molecule has 1 atom stereocenters. The highest BCUT2D eigenvalue weighted by molar-refractivity contribution is 5.26. The Labute approximate surface area is 98.7 Å². The van der Waals surface area contributed by atoms with Gasteiger partial charge in [-0.2, -0.15) is 0 Å². The van der Waals surface area contributed by atoms with Gasteiger partial charge < -0.3 is 0 Å². The lowest BCUT2D eigenvalue weighted by atomic mass is 10.1. The summed E-state index contributed by atoms with van der Waals surface area (Å²) < 4.78 is 13.6. The van der Waals surface area contributed by atoms with Crippen LogP contribution >= 0.6 is 0 Å². The van der Waals surface area contributed by atoms with Crippen LogP contribution in [0.2, 0.25) is 0 Å². The Hall–Kier alpha value is -1.85. The monoisotopic (exact) mass is 232 g/mol. The zero-order valence-corrected chi connectivity index (χ0v) is 9.39. The normalized spacial score (nSPS) is 12.4. The molecule has 0 saturated heterocycles. The molecule has 17 heavy (non-hydrogen) atoms. The molecule has 0 amide bonds. The van der Waals surface area contributed by atoms with Gasteiger partial charge in [-0.05, 0) is 18.6 Å². The molecule has 0 saturated carbocycles. The first-order valence-corrected chi connectivity index (χ1v) is 5.21. The van der Waals surface area contributed by atoms with Crippen molar-refractivity contribution in [2.24, 2.45) is 5.84 Å². The van der Waals surface area contributed by atoms with Gasteiger partial charge in [0.15, 0.2) is 5.82 Å². The molecule has 0 aliphatic carbocycles. The highest BCUT2D eigenvalue weighted by Gasteiger charge is 2.18. The van der Waals surface area contributed by atoms with Crippen molar-refractivity contribution in [3.05, 3.63) is 59.4 Å². The maximum Gasteiger partial charge on any atom is 0.151 e. The summed E-state index contributed by atoms with van der Waals surface area (Å²) in [4.78, 5) is 8.29. The quantitative estimate of drug-likeness (QED) is 0.621. The molecular formula is C12H13FN4. The first-order chi connectivity index (χ1) is 8.22. The standard InChI is InChI=1S/C12H13FN4/c1-8-6-15-12(16-7-8)11(17-14)9-4-2-3-5-10(9)13/h2-7,11,17H,14H2,1H3. The molecule has 88 valence electrons. The van der Waals surface area contributed by atoms with Crippen LogP contribution in [-0.4, -0.2) is 9.97 Å². The Balaban J connectivity index is 2.40. The van der Waals surface area contributed by atoms with Crippen LogP contribution in [0.25, 0.3) is 0 Å². The number of benzene rings is 1. The molecule has 0 bridgehead atoms. The number of aromatic nitrogens is 2. The summed E-state index contributed by atoms with van der Waals surface area (Å²) in [6.45, 7) is 1.89. The van der Waals surface area contributed by atoms with Crippen molar-refractivity contribution in [2.75, 3.05) is 0 Å². The average Bonchev–Trinajstić information content (AvgIpc) is 2.35. The topological polar surface area (TPSA) is 63.8 Å². The number of nitrogens with zero attached hydrogens (tertiary/aromatic N) is 2. The molecule has 0 radical (unpaired) electrons. The number of halogens is 1. The van der Waals surface area contributed by atoms with E-state index in [1.165, 1.54) is 6.07 Å². The molecule has 4 nitrogen and oxygen atoms in total. The van der Waals surface area contributed by atoms with Gasteiger partial charge in [0.2, 0.25) is 0 Å². The highest BCUT2D eigenvalue weighted by Crippen LogP contribution is 2.20. The number of hydrogen-bond donors (Lipinski definition) is 2. The third-order valence-corrected chi connectivity index (χ3v) is 2.44. The summed E-state index contributed by atoms with van der Waals surface area (Å²) in [5.41, 5.74) is 3.90. The fourth-order valence-corrected chi connectivity index (χ4v) is 1.56. The van der Waals surface area contributed by atoms with E-state index in [4.69, 9.17) is 5.84 Å². The van der Waals surface area contributed by atoms with Crippen molar-refractivity contribution in [2.45, 2.75) is 13.0 Å². The molecule has 0 aliphatic heterocycles. The fraction of sp³-hybridized carbons (Fsp3) is 0.167. The van der Waals surface area contributed by atoms with Gasteiger partial charge in [0.05, 0.1) is 0 Å². The maximum absolute atomic E-state index is 13.6. The van der Waals surface area contributed by atoms with Crippen LogP contribution in [0, 0.1) is 12.7 Å². The van der Waals surface area contributed by atoms with Crippen molar-refractivity contribution < 1.29 is 4.39 Å². The van der Waals surface area contributed by atoms with Crippen LogP contribution in [0.4, 0.5) is 4.39 Å². The van der Waals surface area contributed by atoms with Crippen molar-refractivity contribution in [1.82, 2.24) is 15.4 Å². The fourth-order valence-electron chi connectivity index (χ4n) is 1.56. The van der Waals surface area contributed by atoms with Gasteiger partial charge in [-0.25, -0.2) is 19.8 Å². The molecule has 2 rings (SSSR count). The Morgan fingerprint density at radius 1 is 1.24 bits per heavy atom. The molecule has 3 N–H and O–H groups in total. The number of nitrogens with two attached hydrogens (primary N) is 1. The minimum absolute atomic E-state index is 0.334. The predicted octanol–water partition coefficient (Wildman–Crippen LogP) is 1.48. The Morgan fingerprint density at radius 2 is 1.88 bits per heavy atom. The highest BCUT2D eigenvalue weighted by atomic mass is 19.1. The van der Waals surface area contributed by atoms with E-state index in [2.05, 4.69) is 15.4 Å². The summed E-state index contributed by atoms with van der Waals surface area (Å²) in [5.74, 6) is 5.56. The summed E-state index contributed by atoms with van der Waals surface area (Å²) >= 11 is 0. The summed E-state index contributed by atoms with van der Waals surface area (Å²) in [7, 11) is 0. The van der Waals surface area contributed by atoms with Crippen LogP contribution in [0.5, 0.6) is 0 Å². The zero-order chi connectivity index (χ0) is 12.3. The van der Waals surface area contributed by atoms with Crippen molar-refractivity contribution in [3.63, 3.8) is 0 Å². The first kappa shape index (κ1) is 11.6. The van der Waals surface area contributed by atoms with Gasteiger partial charge in [-0.3, -0.25) is 5.84 Å². The molecule has 1 aromatic carbocycles. The molecule has 0 fully saturated rings. The average molecular weight is 232 g/mol. The zero-order valence-electron chi connectivity index (χ0n) is 9.39. The third kappa shape index (κ3) is 2.46. The number of hydrogen-bond acceptors (Lipinski definition) is 4. The van der Waals surface area contributed by atoms with E-state index < -0.39 is 6.04 Å². The summed E-state index contributed by atoms with van der Waals surface area (Å²) in [6.07, 6.45) is 3.35. The number of nitrogens with one attached hydrogen (secondary N) is 1. The molecular weight excluding hydrogens is 219 g/mol. The Morgan fingerprint density at radius 3 is 2.47 bits per heavy atom. The van der Waals surface area contributed by atoms with Gasteiger partial charge >= 0.3 is 0 Å². The number of hydrazine groups is 1. The van der Waals surface area contributed by atoms with Gasteiger partial charge in [0, 0.05) is 18.0 Å². The molecule has 5 heteroatoms. The van der Waals surface area contributed by atoms with Gasteiger partial charge in [0.1, 0.15) is 11.9 Å². The van der Waals surface area contributed by atoms with E-state index >= 15 is 0 Å². The van der Waals surface area contributed by atoms with Crippen LogP contribution < -0.4 is 11.3 Å².